The molecule has 1 aliphatic heterocycles. The van der Waals surface area contributed by atoms with E-state index >= 15 is 0 Å². The Morgan fingerprint density at radius 3 is 2.83 bits per heavy atom. The van der Waals surface area contributed by atoms with E-state index < -0.39 is 0 Å². The number of ether oxygens (including phenoxy) is 1. The van der Waals surface area contributed by atoms with Crippen LogP contribution in [0.2, 0.25) is 0 Å². The predicted molar refractivity (Wildman–Crippen MR) is 91.8 cm³/mol. The first kappa shape index (κ1) is 15.3. The Bertz CT molecular complexity index is 766. The van der Waals surface area contributed by atoms with Crippen LogP contribution in [0.25, 0.3) is 0 Å². The van der Waals surface area contributed by atoms with Crippen LogP contribution < -0.4 is 5.32 Å². The maximum atomic E-state index is 12.8. The van der Waals surface area contributed by atoms with Crippen LogP contribution in [0.15, 0.2) is 42.7 Å². The van der Waals surface area contributed by atoms with Gasteiger partial charge in [-0.05, 0) is 48.9 Å². The quantitative estimate of drug-likeness (QED) is 0.923. The highest BCUT2D eigenvalue weighted by Gasteiger charge is 2.47. The number of amides is 1. The summed E-state index contributed by atoms with van der Waals surface area (Å²) < 4.78 is 5.59. The van der Waals surface area contributed by atoms with Crippen LogP contribution in [0.1, 0.15) is 45.9 Å². The van der Waals surface area contributed by atoms with Crippen LogP contribution in [-0.2, 0) is 11.2 Å². The van der Waals surface area contributed by atoms with Gasteiger partial charge in [0.2, 0.25) is 0 Å². The molecule has 1 atom stereocenters. The minimum atomic E-state index is -0.0428. The normalized spacial score (nSPS) is 21.5. The molecule has 1 unspecified atom stereocenters. The third-order valence-corrected chi connectivity index (χ3v) is 5.42. The van der Waals surface area contributed by atoms with Crippen LogP contribution in [-0.4, -0.2) is 24.1 Å². The van der Waals surface area contributed by atoms with Gasteiger partial charge in [0, 0.05) is 31.0 Å². The number of nitrogens with one attached hydrogen (secondary N) is 1. The van der Waals surface area contributed by atoms with Gasteiger partial charge in [0.15, 0.2) is 0 Å². The fraction of sp³-hybridized carbons (Fsp3) is 0.400. The minimum absolute atomic E-state index is 0.0428. The van der Waals surface area contributed by atoms with Crippen molar-refractivity contribution in [2.75, 3.05) is 13.2 Å². The first-order chi connectivity index (χ1) is 11.7. The van der Waals surface area contributed by atoms with Gasteiger partial charge in [-0.3, -0.25) is 9.78 Å². The fourth-order valence-electron chi connectivity index (χ4n) is 4.16. The van der Waals surface area contributed by atoms with Crippen LogP contribution in [0.5, 0.6) is 0 Å². The van der Waals surface area contributed by atoms with Crippen molar-refractivity contribution in [1.29, 1.82) is 0 Å². The number of hydrogen-bond donors (Lipinski definition) is 1. The molecule has 0 saturated carbocycles. The molecule has 1 saturated heterocycles. The second-order valence-electron chi connectivity index (χ2n) is 7.01. The zero-order chi connectivity index (χ0) is 16.6. The molecule has 1 aromatic carbocycles. The Balaban J connectivity index is 1.66. The van der Waals surface area contributed by atoms with Crippen LogP contribution in [0, 0.1) is 12.3 Å². The van der Waals surface area contributed by atoms with Gasteiger partial charge in [-0.15, -0.1) is 0 Å². The second-order valence-corrected chi connectivity index (χ2v) is 7.01. The number of carbonyl (C=O) groups excluding carboxylic acids is 1. The number of aryl methyl sites for hydroxylation is 1. The number of fused-ring (bicyclic) bond motifs is 1. The van der Waals surface area contributed by atoms with E-state index in [9.17, 15) is 4.79 Å². The summed E-state index contributed by atoms with van der Waals surface area (Å²) in [6.45, 7) is 3.49. The number of carbonyl (C=O) groups is 1. The minimum Gasteiger partial charge on any atom is -0.381 e. The molecule has 4 nitrogen and oxygen atoms in total. The molecule has 2 aromatic rings. The van der Waals surface area contributed by atoms with Crippen molar-refractivity contribution in [2.45, 2.75) is 32.2 Å². The lowest BCUT2D eigenvalue weighted by Crippen LogP contribution is -2.42. The molecule has 0 bridgehead atoms. The maximum absolute atomic E-state index is 12.8. The third kappa shape index (κ3) is 2.61. The fourth-order valence-corrected chi connectivity index (χ4v) is 4.16. The summed E-state index contributed by atoms with van der Waals surface area (Å²) in [5.74, 6) is -0.0428. The Morgan fingerprint density at radius 1 is 1.25 bits per heavy atom. The molecule has 4 heteroatoms. The maximum Gasteiger partial charge on any atom is 0.253 e. The molecule has 0 radical (unpaired) electrons. The molecule has 2 aliphatic rings. The Kier molecular flexibility index (Phi) is 3.85. The van der Waals surface area contributed by atoms with E-state index in [4.69, 9.17) is 4.74 Å². The van der Waals surface area contributed by atoms with Crippen LogP contribution >= 0.6 is 0 Å². The van der Waals surface area contributed by atoms with Gasteiger partial charge in [-0.25, -0.2) is 0 Å². The number of hydrogen-bond acceptors (Lipinski definition) is 3. The van der Waals surface area contributed by atoms with Gasteiger partial charge < -0.3 is 10.1 Å². The molecule has 1 aliphatic carbocycles. The van der Waals surface area contributed by atoms with Crippen LogP contribution in [0.4, 0.5) is 0 Å². The summed E-state index contributed by atoms with van der Waals surface area (Å²) in [6, 6.07) is 10.4. The first-order valence-electron chi connectivity index (χ1n) is 8.56. The van der Waals surface area contributed by atoms with Crippen molar-refractivity contribution < 1.29 is 9.53 Å². The summed E-state index contributed by atoms with van der Waals surface area (Å²) in [4.78, 5) is 17.0. The second kappa shape index (κ2) is 6.02. The average molecular weight is 322 g/mol. The monoisotopic (exact) mass is 322 g/mol. The van der Waals surface area contributed by atoms with Crippen molar-refractivity contribution in [3.63, 3.8) is 0 Å². The van der Waals surface area contributed by atoms with E-state index in [0.29, 0.717) is 5.56 Å². The largest absolute Gasteiger partial charge is 0.381 e. The number of pyridine rings is 1. The number of nitrogens with zero attached hydrogens (tertiary/aromatic N) is 1. The van der Waals surface area contributed by atoms with Gasteiger partial charge in [0.1, 0.15) is 0 Å². The highest BCUT2D eigenvalue weighted by Crippen LogP contribution is 2.51. The van der Waals surface area contributed by atoms with Crippen molar-refractivity contribution >= 4 is 5.91 Å². The third-order valence-electron chi connectivity index (χ3n) is 5.42. The standard InChI is InChI=1S/C20H22N2O2/c1-14-10-16(13-21-12-14)19(23)22-18-17-5-3-2-4-15(17)11-20(18)6-8-24-9-7-20/h2-5,10,12-13,18H,6-9,11H2,1H3,(H,22,23). The molecule has 4 rings (SSSR count). The summed E-state index contributed by atoms with van der Waals surface area (Å²) in [7, 11) is 0. The molecular formula is C20H22N2O2. The summed E-state index contributed by atoms with van der Waals surface area (Å²) in [6.07, 6.45) is 6.39. The molecule has 124 valence electrons. The van der Waals surface area contributed by atoms with Crippen molar-refractivity contribution in [1.82, 2.24) is 10.3 Å². The highest BCUT2D eigenvalue weighted by molar-refractivity contribution is 5.94. The lowest BCUT2D eigenvalue weighted by atomic mass is 9.74. The number of rotatable bonds is 2. The average Bonchev–Trinajstić information content (AvgIpc) is 2.88. The van der Waals surface area contributed by atoms with Gasteiger partial charge in [0.25, 0.3) is 5.91 Å². The van der Waals surface area contributed by atoms with Crippen molar-refractivity contribution in [2.24, 2.45) is 5.41 Å². The van der Waals surface area contributed by atoms with E-state index in [1.165, 1.54) is 11.1 Å². The molecule has 1 N–H and O–H groups in total. The van der Waals surface area contributed by atoms with E-state index in [1.54, 1.807) is 12.4 Å². The first-order valence-corrected chi connectivity index (χ1v) is 8.56. The molecule has 2 heterocycles. The van der Waals surface area contributed by atoms with E-state index in [2.05, 4.69) is 34.6 Å². The molecule has 1 amide bonds. The van der Waals surface area contributed by atoms with Crippen molar-refractivity contribution in [3.8, 4) is 0 Å². The highest BCUT2D eigenvalue weighted by atomic mass is 16.5. The smallest absolute Gasteiger partial charge is 0.253 e. The summed E-state index contributed by atoms with van der Waals surface area (Å²) in [5, 5.41) is 3.30. The van der Waals surface area contributed by atoms with Gasteiger partial charge >= 0.3 is 0 Å². The summed E-state index contributed by atoms with van der Waals surface area (Å²) >= 11 is 0. The predicted octanol–water partition coefficient (Wildman–Crippen LogP) is 3.21. The van der Waals surface area contributed by atoms with Gasteiger partial charge in [-0.2, -0.15) is 0 Å². The SMILES string of the molecule is Cc1cncc(C(=O)NC2c3ccccc3CC23CCOCC3)c1. The van der Waals surface area contributed by atoms with Crippen LogP contribution in [0.3, 0.4) is 0 Å². The Labute approximate surface area is 142 Å². The summed E-state index contributed by atoms with van der Waals surface area (Å²) in [5.41, 5.74) is 4.31. The number of aromatic nitrogens is 1. The molecule has 1 fully saturated rings. The topological polar surface area (TPSA) is 51.2 Å². The Morgan fingerprint density at radius 2 is 2.04 bits per heavy atom. The zero-order valence-electron chi connectivity index (χ0n) is 13.9. The van der Waals surface area contributed by atoms with Crippen molar-refractivity contribution in [3.05, 3.63) is 65.0 Å². The van der Waals surface area contributed by atoms with E-state index in [0.717, 1.165) is 38.0 Å². The lowest BCUT2D eigenvalue weighted by molar-refractivity contribution is 0.000548. The zero-order valence-corrected chi connectivity index (χ0v) is 13.9. The molecule has 24 heavy (non-hydrogen) atoms. The van der Waals surface area contributed by atoms with E-state index in [-0.39, 0.29) is 17.4 Å². The molecular weight excluding hydrogens is 300 g/mol. The molecule has 1 spiro atoms. The number of benzene rings is 1. The van der Waals surface area contributed by atoms with Gasteiger partial charge in [0.05, 0.1) is 11.6 Å². The lowest BCUT2D eigenvalue weighted by Gasteiger charge is -2.39. The molecule has 1 aromatic heterocycles. The Hall–Kier alpha value is -2.20. The van der Waals surface area contributed by atoms with Gasteiger partial charge in [-0.1, -0.05) is 24.3 Å². The van der Waals surface area contributed by atoms with E-state index in [1.807, 2.05) is 13.0 Å².